The summed E-state index contributed by atoms with van der Waals surface area (Å²) in [5.74, 6) is -5.01. The minimum Gasteiger partial charge on any atom is -0.383 e. The van der Waals surface area contributed by atoms with Crippen LogP contribution < -0.4 is 0 Å². The predicted octanol–water partition coefficient (Wildman–Crippen LogP) is 2.58. The van der Waals surface area contributed by atoms with Gasteiger partial charge in [-0.3, -0.25) is 4.79 Å². The van der Waals surface area contributed by atoms with Crippen molar-refractivity contribution >= 4 is 5.91 Å². The quantitative estimate of drug-likeness (QED) is 0.902. The fraction of sp³-hybridized carbons (Fsp3) is 0.611. The van der Waals surface area contributed by atoms with Gasteiger partial charge in [0.2, 0.25) is 0 Å². The second-order valence-electron chi connectivity index (χ2n) is 7.23. The summed E-state index contributed by atoms with van der Waals surface area (Å²) in [5, 5.41) is 10.2. The van der Waals surface area contributed by atoms with Gasteiger partial charge in [-0.15, -0.1) is 0 Å². The first-order chi connectivity index (χ1) is 11.4. The molecule has 1 N–H and O–H groups in total. The number of likely N-dealkylation sites (tertiary alicyclic amines) is 1. The third kappa shape index (κ3) is 2.12. The van der Waals surface area contributed by atoms with Gasteiger partial charge in [0.1, 0.15) is 11.2 Å². The van der Waals surface area contributed by atoms with Gasteiger partial charge in [0.25, 0.3) is 5.91 Å². The zero-order valence-electron chi connectivity index (χ0n) is 13.4. The third-order valence-corrected chi connectivity index (χ3v) is 5.81. The molecule has 1 amide bonds. The van der Waals surface area contributed by atoms with E-state index in [2.05, 4.69) is 0 Å². The number of hydrogen-bond donors (Lipinski definition) is 1. The van der Waals surface area contributed by atoms with Gasteiger partial charge in [0.15, 0.2) is 0 Å². The molecule has 130 valence electrons. The number of nitrogens with zero attached hydrogens (tertiary/aromatic N) is 1. The van der Waals surface area contributed by atoms with Crippen LogP contribution in [-0.4, -0.2) is 40.5 Å². The number of alkyl halides is 2. The van der Waals surface area contributed by atoms with Gasteiger partial charge in [0.05, 0.1) is 13.2 Å². The number of amides is 1. The Balaban J connectivity index is 1.56. The van der Waals surface area contributed by atoms with Crippen molar-refractivity contribution in [2.24, 2.45) is 0 Å². The summed E-state index contributed by atoms with van der Waals surface area (Å²) in [5.41, 5.74) is -0.842. The molecule has 1 saturated heterocycles. The Labute approximate surface area is 139 Å². The monoisotopic (exact) mass is 337 g/mol. The molecule has 6 heteroatoms. The normalized spacial score (nSPS) is 28.5. The molecule has 2 heterocycles. The number of carbonyl (C=O) groups is 1. The third-order valence-electron chi connectivity index (χ3n) is 5.81. The lowest BCUT2D eigenvalue weighted by molar-refractivity contribution is -0.200. The van der Waals surface area contributed by atoms with Gasteiger partial charge in [0, 0.05) is 6.54 Å². The van der Waals surface area contributed by atoms with Gasteiger partial charge in [-0.25, -0.2) is 0 Å². The number of fused-ring (bicyclic) bond motifs is 2. The molecule has 2 fully saturated rings. The van der Waals surface area contributed by atoms with E-state index in [4.69, 9.17) is 4.74 Å². The molecule has 2 aliphatic heterocycles. The molecule has 1 saturated carbocycles. The van der Waals surface area contributed by atoms with Crippen molar-refractivity contribution < 1.29 is 23.4 Å². The number of rotatable bonds is 2. The molecule has 0 bridgehead atoms. The van der Waals surface area contributed by atoms with Crippen molar-refractivity contribution in [3.05, 3.63) is 35.4 Å². The molecule has 0 radical (unpaired) electrons. The molecule has 1 unspecified atom stereocenters. The predicted molar refractivity (Wildman–Crippen MR) is 82.5 cm³/mol. The highest BCUT2D eigenvalue weighted by Crippen LogP contribution is 2.47. The molecule has 1 aliphatic carbocycles. The van der Waals surface area contributed by atoms with E-state index in [1.807, 2.05) is 24.3 Å². The number of aliphatic hydroxyl groups is 1. The highest BCUT2D eigenvalue weighted by Gasteiger charge is 2.62. The summed E-state index contributed by atoms with van der Waals surface area (Å²) in [6, 6.07) is 7.72. The standard InChI is InChI=1S/C18H21F2NO3/c19-18(20,17(23)7-3-4-8-17)15(22)21-10-9-16(12-21)14-6-2-1-5-13(14)11-24-16/h1-2,5-6,23H,3-4,7-12H2. The van der Waals surface area contributed by atoms with Crippen LogP contribution >= 0.6 is 0 Å². The van der Waals surface area contributed by atoms with Crippen molar-refractivity contribution in [1.29, 1.82) is 0 Å². The Hall–Kier alpha value is -1.53. The maximum Gasteiger partial charge on any atom is 0.352 e. The van der Waals surface area contributed by atoms with Crippen molar-refractivity contribution in [3.8, 4) is 0 Å². The SMILES string of the molecule is O=C(N1CCC2(C1)OCc1ccccc12)C(F)(F)C1(O)CCCC1. The first kappa shape index (κ1) is 16.0. The van der Waals surface area contributed by atoms with Crippen molar-refractivity contribution in [2.75, 3.05) is 13.1 Å². The Bertz CT molecular complexity index is 672. The van der Waals surface area contributed by atoms with E-state index in [0.717, 1.165) is 11.1 Å². The maximum absolute atomic E-state index is 14.6. The van der Waals surface area contributed by atoms with E-state index in [9.17, 15) is 18.7 Å². The molecule has 1 atom stereocenters. The second kappa shape index (κ2) is 5.23. The minimum absolute atomic E-state index is 0.0238. The van der Waals surface area contributed by atoms with Crippen LogP contribution in [0.25, 0.3) is 0 Å². The molecular formula is C18H21F2NO3. The fourth-order valence-corrected chi connectivity index (χ4v) is 4.35. The van der Waals surface area contributed by atoms with Crippen LogP contribution in [0, 0.1) is 0 Å². The van der Waals surface area contributed by atoms with E-state index in [-0.39, 0.29) is 25.9 Å². The Morgan fingerprint density at radius 2 is 1.92 bits per heavy atom. The molecule has 1 spiro atoms. The second-order valence-corrected chi connectivity index (χ2v) is 7.23. The summed E-state index contributed by atoms with van der Waals surface area (Å²) in [6.45, 7) is 0.784. The van der Waals surface area contributed by atoms with Crippen LogP contribution in [0.1, 0.15) is 43.2 Å². The molecular weight excluding hydrogens is 316 g/mol. The summed E-state index contributed by atoms with van der Waals surface area (Å²) >= 11 is 0. The topological polar surface area (TPSA) is 49.8 Å². The summed E-state index contributed by atoms with van der Waals surface area (Å²) in [7, 11) is 0. The van der Waals surface area contributed by atoms with Crippen molar-refractivity contribution in [2.45, 2.75) is 55.8 Å². The Kier molecular flexibility index (Phi) is 3.48. The zero-order valence-corrected chi connectivity index (χ0v) is 13.4. The van der Waals surface area contributed by atoms with E-state index in [1.54, 1.807) is 0 Å². The molecule has 1 aromatic rings. The van der Waals surface area contributed by atoms with Gasteiger partial charge < -0.3 is 14.7 Å². The number of carbonyl (C=O) groups excluding carboxylic acids is 1. The highest BCUT2D eigenvalue weighted by molar-refractivity contribution is 5.85. The van der Waals surface area contributed by atoms with Gasteiger partial charge in [-0.1, -0.05) is 37.1 Å². The average Bonchev–Trinajstić information content (AvgIpc) is 3.29. The lowest BCUT2D eigenvalue weighted by Gasteiger charge is -2.34. The number of ether oxygens (including phenoxy) is 1. The minimum atomic E-state index is -3.74. The van der Waals surface area contributed by atoms with E-state index < -0.39 is 23.0 Å². The van der Waals surface area contributed by atoms with Crippen LogP contribution in [0.4, 0.5) is 8.78 Å². The average molecular weight is 337 g/mol. The summed E-state index contributed by atoms with van der Waals surface area (Å²) in [6.07, 6.45) is 1.51. The van der Waals surface area contributed by atoms with E-state index in [1.165, 1.54) is 4.90 Å². The zero-order chi connectivity index (χ0) is 17.0. The van der Waals surface area contributed by atoms with E-state index >= 15 is 0 Å². The Morgan fingerprint density at radius 3 is 2.67 bits per heavy atom. The lowest BCUT2D eigenvalue weighted by atomic mass is 9.91. The number of halogens is 2. The van der Waals surface area contributed by atoms with Gasteiger partial charge in [-0.2, -0.15) is 8.78 Å². The summed E-state index contributed by atoms with van der Waals surface area (Å²) < 4.78 is 35.2. The summed E-state index contributed by atoms with van der Waals surface area (Å²) in [4.78, 5) is 13.6. The molecule has 4 rings (SSSR count). The maximum atomic E-state index is 14.6. The van der Waals surface area contributed by atoms with E-state index in [0.29, 0.717) is 25.9 Å². The van der Waals surface area contributed by atoms with Crippen LogP contribution in [0.2, 0.25) is 0 Å². The Morgan fingerprint density at radius 1 is 1.21 bits per heavy atom. The molecule has 1 aromatic carbocycles. The van der Waals surface area contributed by atoms with Gasteiger partial charge >= 0.3 is 5.92 Å². The molecule has 0 aromatic heterocycles. The van der Waals surface area contributed by atoms with Crippen molar-refractivity contribution in [1.82, 2.24) is 4.90 Å². The van der Waals surface area contributed by atoms with Crippen LogP contribution in [0.3, 0.4) is 0 Å². The number of benzene rings is 1. The van der Waals surface area contributed by atoms with Crippen molar-refractivity contribution in [3.63, 3.8) is 0 Å². The lowest BCUT2D eigenvalue weighted by Crippen LogP contribution is -2.56. The highest BCUT2D eigenvalue weighted by atomic mass is 19.3. The smallest absolute Gasteiger partial charge is 0.352 e. The first-order valence-corrected chi connectivity index (χ1v) is 8.50. The molecule has 4 nitrogen and oxygen atoms in total. The largest absolute Gasteiger partial charge is 0.383 e. The van der Waals surface area contributed by atoms with Crippen LogP contribution in [0.5, 0.6) is 0 Å². The first-order valence-electron chi connectivity index (χ1n) is 8.50. The molecule has 24 heavy (non-hydrogen) atoms. The van der Waals surface area contributed by atoms with Crippen LogP contribution in [0.15, 0.2) is 24.3 Å². The number of hydrogen-bond acceptors (Lipinski definition) is 3. The van der Waals surface area contributed by atoms with Crippen LogP contribution in [-0.2, 0) is 21.7 Å². The van der Waals surface area contributed by atoms with Gasteiger partial charge in [-0.05, 0) is 30.4 Å². The molecule has 3 aliphatic rings. The fourth-order valence-electron chi connectivity index (χ4n) is 4.35.